The molecular weight excluding hydrogens is 344 g/mol. The van der Waals surface area contributed by atoms with E-state index in [1.807, 2.05) is 18.0 Å². The topological polar surface area (TPSA) is 58.4 Å². The molecule has 2 aromatic rings. The Hall–Kier alpha value is -1.53. The van der Waals surface area contributed by atoms with Crippen LogP contribution in [0.15, 0.2) is 29.4 Å². The van der Waals surface area contributed by atoms with E-state index < -0.39 is 5.54 Å². The molecule has 3 heterocycles. The fraction of sp³-hybridized carbons (Fsp3) is 0.600. The number of amides is 1. The number of nitrogens with one attached hydrogen (secondary N) is 2. The molecule has 3 atom stereocenters. The van der Waals surface area contributed by atoms with Crippen LogP contribution in [-0.4, -0.2) is 33.6 Å². The average Bonchev–Trinajstić information content (AvgIpc) is 2.93. The van der Waals surface area contributed by atoms with Crippen LogP contribution in [0.2, 0.25) is 0 Å². The summed E-state index contributed by atoms with van der Waals surface area (Å²) in [5.74, 6) is 2.34. The minimum Gasteiger partial charge on any atom is -0.344 e. The molecule has 1 saturated heterocycles. The van der Waals surface area contributed by atoms with Crippen molar-refractivity contribution in [3.63, 3.8) is 0 Å². The summed E-state index contributed by atoms with van der Waals surface area (Å²) in [5.41, 5.74) is 0.655. The van der Waals surface area contributed by atoms with Crippen molar-refractivity contribution in [1.82, 2.24) is 20.0 Å². The van der Waals surface area contributed by atoms with Gasteiger partial charge in [0.1, 0.15) is 5.82 Å². The number of pyridine rings is 1. The molecule has 0 aromatic carbocycles. The third-order valence-electron chi connectivity index (χ3n) is 6.27. The summed E-state index contributed by atoms with van der Waals surface area (Å²) >= 11 is 1.97. The van der Waals surface area contributed by atoms with E-state index in [1.54, 1.807) is 0 Å². The Bertz CT molecular complexity index is 847. The highest BCUT2D eigenvalue weighted by Crippen LogP contribution is 2.49. The fourth-order valence-electron chi connectivity index (χ4n) is 4.48. The maximum atomic E-state index is 12.7. The number of thioether (sulfide) groups is 1. The number of carbonyl (C=O) groups excluding carboxylic acids is 1. The highest BCUT2D eigenvalue weighted by atomic mass is 32.2. The first-order valence-corrected chi connectivity index (χ1v) is 10.6. The van der Waals surface area contributed by atoms with Crippen molar-refractivity contribution >= 4 is 23.2 Å². The van der Waals surface area contributed by atoms with E-state index in [1.165, 1.54) is 24.2 Å². The molecule has 1 aliphatic heterocycles. The van der Waals surface area contributed by atoms with Gasteiger partial charge in [-0.05, 0) is 63.7 Å². The Kier molecular flexibility index (Phi) is 3.83. The molecule has 0 radical (unpaired) electrons. The number of aromatic nitrogens is 2. The number of carbonyl (C=O) groups is 1. The van der Waals surface area contributed by atoms with Gasteiger partial charge in [-0.15, -0.1) is 11.8 Å². The van der Waals surface area contributed by atoms with Crippen LogP contribution in [0.1, 0.15) is 38.9 Å². The van der Waals surface area contributed by atoms with E-state index >= 15 is 0 Å². The fourth-order valence-corrected chi connectivity index (χ4v) is 5.84. The average molecular weight is 371 g/mol. The lowest BCUT2D eigenvalue weighted by atomic mass is 10.0. The number of imidazole rings is 1. The van der Waals surface area contributed by atoms with Crippen molar-refractivity contribution in [2.24, 2.45) is 17.8 Å². The smallest absolute Gasteiger partial charge is 0.224 e. The van der Waals surface area contributed by atoms with Crippen LogP contribution in [0.3, 0.4) is 0 Å². The first-order chi connectivity index (χ1) is 12.5. The molecule has 26 heavy (non-hydrogen) atoms. The van der Waals surface area contributed by atoms with Gasteiger partial charge in [0.2, 0.25) is 5.91 Å². The first kappa shape index (κ1) is 16.6. The Labute approximate surface area is 158 Å². The van der Waals surface area contributed by atoms with E-state index in [0.29, 0.717) is 11.8 Å². The van der Waals surface area contributed by atoms with Gasteiger partial charge in [0.05, 0.1) is 17.3 Å². The molecule has 138 valence electrons. The molecule has 5 rings (SSSR count). The van der Waals surface area contributed by atoms with Crippen molar-refractivity contribution < 1.29 is 4.79 Å². The summed E-state index contributed by atoms with van der Waals surface area (Å²) in [6.07, 6.45) is 7.99. The number of nitrogens with zero attached hydrogens (tertiary/aromatic N) is 2. The van der Waals surface area contributed by atoms with Crippen LogP contribution in [-0.2, 0) is 10.3 Å². The lowest BCUT2D eigenvalue weighted by molar-refractivity contribution is -0.124. The number of hydrogen-bond donors (Lipinski definition) is 2. The van der Waals surface area contributed by atoms with Gasteiger partial charge in [-0.2, -0.15) is 0 Å². The largest absolute Gasteiger partial charge is 0.344 e. The molecule has 1 amide bonds. The Balaban J connectivity index is 1.38. The van der Waals surface area contributed by atoms with E-state index in [4.69, 9.17) is 4.98 Å². The monoisotopic (exact) mass is 370 g/mol. The maximum absolute atomic E-state index is 12.7. The van der Waals surface area contributed by atoms with Crippen LogP contribution in [0, 0.1) is 17.8 Å². The molecule has 3 fully saturated rings. The summed E-state index contributed by atoms with van der Waals surface area (Å²) in [4.78, 5) is 18.7. The van der Waals surface area contributed by atoms with Crippen molar-refractivity contribution in [2.45, 2.75) is 48.8 Å². The van der Waals surface area contributed by atoms with Gasteiger partial charge in [0.15, 0.2) is 0 Å². The standard InChI is InChI=1S/C20H26N4OS/c1-20(2,23-18(25)17-13-9-21-10-14(13)17)19-22-11-15-16(7-4-8-24(15)19)26-12-5-3-6-12/h4,7-8,11-14,17,21H,3,5-6,9-10H2,1-2H3,(H,23,25)/t13-,14+,17?. The zero-order valence-corrected chi connectivity index (χ0v) is 16.2. The normalized spacial score (nSPS) is 28.0. The Morgan fingerprint density at radius 3 is 2.81 bits per heavy atom. The Morgan fingerprint density at radius 2 is 2.12 bits per heavy atom. The Morgan fingerprint density at radius 1 is 1.35 bits per heavy atom. The molecule has 1 unspecified atom stereocenters. The second-order valence-corrected chi connectivity index (χ2v) is 9.85. The van der Waals surface area contributed by atoms with E-state index in [0.717, 1.165) is 29.7 Å². The van der Waals surface area contributed by atoms with Gasteiger partial charge in [-0.25, -0.2) is 4.98 Å². The highest BCUT2D eigenvalue weighted by Gasteiger charge is 2.57. The zero-order valence-electron chi connectivity index (χ0n) is 15.4. The molecule has 5 nitrogen and oxygen atoms in total. The minimum absolute atomic E-state index is 0.184. The molecule has 0 spiro atoms. The van der Waals surface area contributed by atoms with Gasteiger partial charge in [0.25, 0.3) is 0 Å². The van der Waals surface area contributed by atoms with Gasteiger partial charge in [-0.3, -0.25) is 4.79 Å². The molecule has 2 saturated carbocycles. The second-order valence-electron chi connectivity index (χ2n) is 8.51. The third-order valence-corrected chi connectivity index (χ3v) is 7.67. The summed E-state index contributed by atoms with van der Waals surface area (Å²) in [5, 5.41) is 7.37. The first-order valence-electron chi connectivity index (χ1n) is 9.70. The molecular formula is C20H26N4OS. The number of piperidine rings is 1. The maximum Gasteiger partial charge on any atom is 0.224 e. The van der Waals surface area contributed by atoms with Gasteiger partial charge >= 0.3 is 0 Å². The minimum atomic E-state index is -0.492. The quantitative estimate of drug-likeness (QED) is 0.850. The molecule has 2 N–H and O–H groups in total. The van der Waals surface area contributed by atoms with Crippen molar-refractivity contribution in [3.05, 3.63) is 30.4 Å². The van der Waals surface area contributed by atoms with Crippen LogP contribution in [0.25, 0.3) is 5.52 Å². The van der Waals surface area contributed by atoms with E-state index in [9.17, 15) is 4.79 Å². The predicted octanol–water partition coefficient (Wildman–Crippen LogP) is 2.80. The summed E-state index contributed by atoms with van der Waals surface area (Å²) in [6.45, 7) is 6.08. The van der Waals surface area contributed by atoms with Crippen molar-refractivity contribution in [1.29, 1.82) is 0 Å². The number of hydrogen-bond acceptors (Lipinski definition) is 4. The summed E-state index contributed by atoms with van der Waals surface area (Å²) < 4.78 is 2.15. The lowest BCUT2D eigenvalue weighted by Crippen LogP contribution is -2.44. The summed E-state index contributed by atoms with van der Waals surface area (Å²) in [7, 11) is 0. The molecule has 2 aromatic heterocycles. The van der Waals surface area contributed by atoms with Crippen LogP contribution >= 0.6 is 11.8 Å². The lowest BCUT2D eigenvalue weighted by Gasteiger charge is -2.26. The van der Waals surface area contributed by atoms with E-state index in [2.05, 4.69) is 47.2 Å². The molecule has 3 aliphatic rings. The van der Waals surface area contributed by atoms with Crippen LogP contribution in [0.5, 0.6) is 0 Å². The zero-order chi connectivity index (χ0) is 17.9. The van der Waals surface area contributed by atoms with Gasteiger partial charge < -0.3 is 15.0 Å². The molecule has 6 heteroatoms. The van der Waals surface area contributed by atoms with E-state index in [-0.39, 0.29) is 11.8 Å². The highest BCUT2D eigenvalue weighted by molar-refractivity contribution is 8.00. The SMILES string of the molecule is CC(C)(NC(=O)C1[C@H]2CNC[C@@H]12)c1ncc2c(SC3CCC3)cccn12. The molecule has 2 aliphatic carbocycles. The van der Waals surface area contributed by atoms with Crippen molar-refractivity contribution in [3.8, 4) is 0 Å². The third kappa shape index (κ3) is 2.65. The van der Waals surface area contributed by atoms with Crippen LogP contribution < -0.4 is 10.6 Å². The number of rotatable bonds is 5. The van der Waals surface area contributed by atoms with Crippen molar-refractivity contribution in [2.75, 3.05) is 13.1 Å². The van der Waals surface area contributed by atoms with Gasteiger partial charge in [-0.1, -0.05) is 6.42 Å². The predicted molar refractivity (Wildman–Crippen MR) is 103 cm³/mol. The van der Waals surface area contributed by atoms with Gasteiger partial charge in [0, 0.05) is 22.3 Å². The second kappa shape index (κ2) is 5.99. The summed E-state index contributed by atoms with van der Waals surface area (Å²) in [6, 6.07) is 4.28. The van der Waals surface area contributed by atoms with Crippen LogP contribution in [0.4, 0.5) is 0 Å². The number of fused-ring (bicyclic) bond motifs is 2. The molecule has 0 bridgehead atoms.